The van der Waals surface area contributed by atoms with Crippen molar-refractivity contribution >= 4 is 34.9 Å². The fourth-order valence-electron chi connectivity index (χ4n) is 2.01. The van der Waals surface area contributed by atoms with Crippen LogP contribution < -0.4 is 10.1 Å². The van der Waals surface area contributed by atoms with Crippen LogP contribution in [0.2, 0.25) is 5.02 Å². The summed E-state index contributed by atoms with van der Waals surface area (Å²) in [6.45, 7) is 1.51. The van der Waals surface area contributed by atoms with E-state index in [-0.39, 0.29) is 16.9 Å². The van der Waals surface area contributed by atoms with Gasteiger partial charge in [0.25, 0.3) is 11.6 Å². The van der Waals surface area contributed by atoms with Crippen molar-refractivity contribution in [3.8, 4) is 5.75 Å². The number of hydrogen-bond acceptors (Lipinski definition) is 6. The van der Waals surface area contributed by atoms with E-state index in [9.17, 15) is 19.7 Å². The molecule has 0 bridgehead atoms. The highest BCUT2D eigenvalue weighted by molar-refractivity contribution is 6.30. The first-order valence-electron chi connectivity index (χ1n) is 7.54. The number of halogens is 1. The number of hydrogen-bond donors (Lipinski definition) is 1. The quantitative estimate of drug-likeness (QED) is 0.449. The SMILES string of the molecule is CCOc1ccc(NC(=O)COC(=O)c2ccc(Cl)cc2)c([N+](=O)[O-])c1. The molecule has 0 unspecified atom stereocenters. The number of amides is 1. The van der Waals surface area contributed by atoms with Gasteiger partial charge in [0.05, 0.1) is 23.2 Å². The Bertz CT molecular complexity index is 823. The second-order valence-corrected chi connectivity index (χ2v) is 5.44. The van der Waals surface area contributed by atoms with Gasteiger partial charge in [-0.1, -0.05) is 11.6 Å². The lowest BCUT2D eigenvalue weighted by Gasteiger charge is -2.09. The van der Waals surface area contributed by atoms with Crippen LogP contribution in [0.5, 0.6) is 5.75 Å². The van der Waals surface area contributed by atoms with Gasteiger partial charge in [-0.25, -0.2) is 4.79 Å². The average molecular weight is 379 g/mol. The molecular formula is C17H15ClN2O6. The van der Waals surface area contributed by atoms with E-state index in [1.54, 1.807) is 6.92 Å². The highest BCUT2D eigenvalue weighted by atomic mass is 35.5. The summed E-state index contributed by atoms with van der Waals surface area (Å²) in [5, 5.41) is 13.9. The zero-order valence-corrected chi connectivity index (χ0v) is 14.5. The summed E-state index contributed by atoms with van der Waals surface area (Å²) >= 11 is 5.73. The molecule has 2 rings (SSSR count). The van der Waals surface area contributed by atoms with Crippen LogP contribution in [0.4, 0.5) is 11.4 Å². The third-order valence-electron chi connectivity index (χ3n) is 3.17. The summed E-state index contributed by atoms with van der Waals surface area (Å²) in [4.78, 5) is 34.3. The Morgan fingerprint density at radius 2 is 1.88 bits per heavy atom. The first-order valence-corrected chi connectivity index (χ1v) is 7.92. The molecule has 0 heterocycles. The topological polar surface area (TPSA) is 108 Å². The summed E-state index contributed by atoms with van der Waals surface area (Å²) in [7, 11) is 0. The van der Waals surface area contributed by atoms with Crippen molar-refractivity contribution in [2.24, 2.45) is 0 Å². The Kier molecular flexibility index (Phi) is 6.51. The number of anilines is 1. The van der Waals surface area contributed by atoms with Gasteiger partial charge >= 0.3 is 5.97 Å². The number of nitro benzene ring substituents is 1. The number of benzene rings is 2. The number of ether oxygens (including phenoxy) is 2. The largest absolute Gasteiger partial charge is 0.494 e. The highest BCUT2D eigenvalue weighted by Crippen LogP contribution is 2.29. The van der Waals surface area contributed by atoms with Crippen molar-refractivity contribution in [2.45, 2.75) is 6.92 Å². The molecule has 1 N–H and O–H groups in total. The molecule has 0 spiro atoms. The average Bonchev–Trinajstić information content (AvgIpc) is 2.61. The van der Waals surface area contributed by atoms with Crippen LogP contribution >= 0.6 is 11.6 Å². The number of carbonyl (C=O) groups is 2. The number of rotatable bonds is 7. The van der Waals surface area contributed by atoms with Crippen LogP contribution in [-0.4, -0.2) is 30.0 Å². The minimum absolute atomic E-state index is 0.0222. The van der Waals surface area contributed by atoms with Crippen LogP contribution in [0.3, 0.4) is 0 Å². The highest BCUT2D eigenvalue weighted by Gasteiger charge is 2.18. The third-order valence-corrected chi connectivity index (χ3v) is 3.42. The minimum atomic E-state index is -0.710. The lowest BCUT2D eigenvalue weighted by Crippen LogP contribution is -2.21. The fourth-order valence-corrected chi connectivity index (χ4v) is 2.14. The van der Waals surface area contributed by atoms with E-state index in [1.165, 1.54) is 42.5 Å². The smallest absolute Gasteiger partial charge is 0.338 e. The zero-order valence-electron chi connectivity index (χ0n) is 13.7. The van der Waals surface area contributed by atoms with Gasteiger partial charge in [-0.3, -0.25) is 14.9 Å². The van der Waals surface area contributed by atoms with E-state index in [2.05, 4.69) is 5.32 Å². The number of nitro groups is 1. The van der Waals surface area contributed by atoms with Gasteiger partial charge in [-0.2, -0.15) is 0 Å². The third kappa shape index (κ3) is 5.18. The van der Waals surface area contributed by atoms with Gasteiger partial charge in [-0.15, -0.1) is 0 Å². The summed E-state index contributed by atoms with van der Waals surface area (Å²) in [5.41, 5.74) is -0.117. The Morgan fingerprint density at radius 1 is 1.19 bits per heavy atom. The van der Waals surface area contributed by atoms with E-state index in [0.717, 1.165) is 0 Å². The lowest BCUT2D eigenvalue weighted by molar-refractivity contribution is -0.384. The summed E-state index contributed by atoms with van der Waals surface area (Å²) in [6, 6.07) is 10.00. The molecule has 136 valence electrons. The molecule has 2 aromatic carbocycles. The van der Waals surface area contributed by atoms with Crippen LogP contribution in [0.15, 0.2) is 42.5 Å². The number of esters is 1. The molecule has 0 saturated carbocycles. The Morgan fingerprint density at radius 3 is 2.50 bits per heavy atom. The van der Waals surface area contributed by atoms with Crippen molar-refractivity contribution in [2.75, 3.05) is 18.5 Å². The summed E-state index contributed by atoms with van der Waals surface area (Å²) < 4.78 is 10.1. The van der Waals surface area contributed by atoms with E-state index < -0.39 is 23.4 Å². The molecule has 1 amide bonds. The first kappa shape index (κ1) is 19.2. The zero-order chi connectivity index (χ0) is 19.1. The maximum atomic E-state index is 11.9. The van der Waals surface area contributed by atoms with Crippen molar-refractivity contribution in [1.82, 2.24) is 0 Å². The first-order chi connectivity index (χ1) is 12.4. The minimum Gasteiger partial charge on any atom is -0.494 e. The maximum Gasteiger partial charge on any atom is 0.338 e. The molecule has 0 aliphatic rings. The Labute approximate surface area is 153 Å². The number of nitrogens with one attached hydrogen (secondary N) is 1. The van der Waals surface area contributed by atoms with Crippen molar-refractivity contribution < 1.29 is 24.0 Å². The molecule has 0 aliphatic heterocycles. The monoisotopic (exact) mass is 378 g/mol. The van der Waals surface area contributed by atoms with Crippen molar-refractivity contribution in [3.63, 3.8) is 0 Å². The molecule has 0 aliphatic carbocycles. The maximum absolute atomic E-state index is 11.9. The second kappa shape index (κ2) is 8.82. The molecule has 0 fully saturated rings. The van der Waals surface area contributed by atoms with Crippen molar-refractivity contribution in [1.29, 1.82) is 0 Å². The second-order valence-electron chi connectivity index (χ2n) is 5.00. The molecule has 0 atom stereocenters. The predicted molar refractivity (Wildman–Crippen MR) is 94.6 cm³/mol. The van der Waals surface area contributed by atoms with Gasteiger partial charge in [0.2, 0.25) is 0 Å². The lowest BCUT2D eigenvalue weighted by atomic mass is 10.2. The normalized spacial score (nSPS) is 10.1. The van der Waals surface area contributed by atoms with Crippen LogP contribution in [0.1, 0.15) is 17.3 Å². The molecule has 26 heavy (non-hydrogen) atoms. The molecule has 0 saturated heterocycles. The van der Waals surface area contributed by atoms with E-state index >= 15 is 0 Å². The molecule has 0 aromatic heterocycles. The number of carbonyl (C=O) groups excluding carboxylic acids is 2. The van der Waals surface area contributed by atoms with Gasteiger partial charge in [-0.05, 0) is 43.3 Å². The van der Waals surface area contributed by atoms with Gasteiger partial charge in [0, 0.05) is 5.02 Å². The van der Waals surface area contributed by atoms with Gasteiger partial charge in [0.15, 0.2) is 6.61 Å². The van der Waals surface area contributed by atoms with Gasteiger partial charge in [0.1, 0.15) is 11.4 Å². The predicted octanol–water partition coefficient (Wildman–Crippen LogP) is 3.44. The standard InChI is InChI=1S/C17H15ClN2O6/c1-2-25-13-7-8-14(15(9-13)20(23)24)19-16(21)10-26-17(22)11-3-5-12(18)6-4-11/h3-9H,2,10H2,1H3,(H,19,21). The molecule has 9 heteroatoms. The van der Waals surface area contributed by atoms with Crippen LogP contribution in [0.25, 0.3) is 0 Å². The van der Waals surface area contributed by atoms with E-state index in [4.69, 9.17) is 21.1 Å². The summed E-state index contributed by atoms with van der Waals surface area (Å²) in [6.07, 6.45) is 0. The van der Waals surface area contributed by atoms with E-state index in [1.807, 2.05) is 0 Å². The molecule has 8 nitrogen and oxygen atoms in total. The fraction of sp³-hybridized carbons (Fsp3) is 0.176. The van der Waals surface area contributed by atoms with Crippen LogP contribution in [-0.2, 0) is 9.53 Å². The van der Waals surface area contributed by atoms with E-state index in [0.29, 0.717) is 17.4 Å². The Hall–Kier alpha value is -3.13. The Balaban J connectivity index is 1.99. The van der Waals surface area contributed by atoms with Gasteiger partial charge < -0.3 is 14.8 Å². The molecule has 0 radical (unpaired) electrons. The van der Waals surface area contributed by atoms with Crippen molar-refractivity contribution in [3.05, 3.63) is 63.2 Å². The summed E-state index contributed by atoms with van der Waals surface area (Å²) in [5.74, 6) is -1.11. The molecule has 2 aromatic rings. The van der Waals surface area contributed by atoms with Crippen LogP contribution in [0, 0.1) is 10.1 Å². The number of nitrogens with zero attached hydrogens (tertiary/aromatic N) is 1. The molecular weight excluding hydrogens is 364 g/mol.